The third-order valence-corrected chi connectivity index (χ3v) is 2.58. The first-order valence-electron chi connectivity index (χ1n) is 6.07. The second-order valence-corrected chi connectivity index (χ2v) is 4.37. The minimum Gasteiger partial charge on any atom is -0.378 e. The van der Waals surface area contributed by atoms with Gasteiger partial charge in [0.05, 0.1) is 6.21 Å². The van der Waals surface area contributed by atoms with Gasteiger partial charge in [0, 0.05) is 19.8 Å². The molecule has 0 aliphatic carbocycles. The second kappa shape index (κ2) is 6.46. The van der Waals surface area contributed by atoms with E-state index in [9.17, 15) is 4.79 Å². The van der Waals surface area contributed by atoms with Gasteiger partial charge in [-0.25, -0.2) is 15.1 Å². The highest BCUT2D eigenvalue weighted by molar-refractivity contribution is 5.82. The molecular formula is C13H16N6O. The van der Waals surface area contributed by atoms with E-state index in [0.29, 0.717) is 0 Å². The van der Waals surface area contributed by atoms with Crippen LogP contribution in [0.25, 0.3) is 0 Å². The van der Waals surface area contributed by atoms with E-state index in [4.69, 9.17) is 0 Å². The van der Waals surface area contributed by atoms with E-state index in [1.807, 2.05) is 43.3 Å². The number of aromatic nitrogens is 3. The predicted molar refractivity (Wildman–Crippen MR) is 76.5 cm³/mol. The lowest BCUT2D eigenvalue weighted by molar-refractivity contribution is -0.121. The minimum absolute atomic E-state index is 0.0942. The second-order valence-electron chi connectivity index (χ2n) is 4.37. The molecule has 0 fully saturated rings. The summed E-state index contributed by atoms with van der Waals surface area (Å²) in [6.07, 6.45) is 4.45. The van der Waals surface area contributed by atoms with E-state index in [1.165, 1.54) is 17.3 Å². The molecule has 7 nitrogen and oxygen atoms in total. The number of hydrogen-bond donors (Lipinski definition) is 1. The molecule has 2 aromatic rings. The number of nitrogens with zero attached hydrogens (tertiary/aromatic N) is 5. The first-order chi connectivity index (χ1) is 9.65. The normalized spacial score (nSPS) is 10.7. The van der Waals surface area contributed by atoms with Crippen molar-refractivity contribution in [3.8, 4) is 0 Å². The van der Waals surface area contributed by atoms with E-state index in [0.717, 1.165) is 11.3 Å². The number of amides is 1. The topological polar surface area (TPSA) is 75.4 Å². The summed E-state index contributed by atoms with van der Waals surface area (Å²) in [7, 11) is 3.96. The average molecular weight is 272 g/mol. The van der Waals surface area contributed by atoms with Crippen molar-refractivity contribution >= 4 is 17.8 Å². The van der Waals surface area contributed by atoms with Crippen LogP contribution >= 0.6 is 0 Å². The van der Waals surface area contributed by atoms with Gasteiger partial charge in [0.15, 0.2) is 0 Å². The third kappa shape index (κ3) is 3.91. The van der Waals surface area contributed by atoms with Crippen molar-refractivity contribution in [2.45, 2.75) is 6.54 Å². The molecule has 1 aromatic carbocycles. The van der Waals surface area contributed by atoms with Crippen LogP contribution in [-0.4, -0.2) is 41.0 Å². The molecule has 0 spiro atoms. The lowest BCUT2D eigenvalue weighted by atomic mass is 10.2. The quantitative estimate of drug-likeness (QED) is 0.635. The highest BCUT2D eigenvalue weighted by atomic mass is 16.2. The Morgan fingerprint density at radius 3 is 2.75 bits per heavy atom. The van der Waals surface area contributed by atoms with Crippen LogP contribution in [0.5, 0.6) is 0 Å². The van der Waals surface area contributed by atoms with E-state index in [1.54, 1.807) is 6.21 Å². The van der Waals surface area contributed by atoms with Gasteiger partial charge < -0.3 is 4.90 Å². The van der Waals surface area contributed by atoms with Crippen LogP contribution in [0.1, 0.15) is 5.56 Å². The Hall–Kier alpha value is -2.70. The monoisotopic (exact) mass is 272 g/mol. The molecule has 0 aliphatic rings. The number of hydrogen-bond acceptors (Lipinski definition) is 5. The van der Waals surface area contributed by atoms with E-state index >= 15 is 0 Å². The Kier molecular flexibility index (Phi) is 4.43. The number of hydrazone groups is 1. The van der Waals surface area contributed by atoms with Crippen LogP contribution in [0, 0.1) is 0 Å². The number of carbonyl (C=O) groups excluding carboxylic acids is 1. The van der Waals surface area contributed by atoms with Gasteiger partial charge in [-0.2, -0.15) is 10.2 Å². The molecule has 1 aromatic heterocycles. The summed E-state index contributed by atoms with van der Waals surface area (Å²) >= 11 is 0. The van der Waals surface area contributed by atoms with Crippen molar-refractivity contribution in [3.63, 3.8) is 0 Å². The fourth-order valence-electron chi connectivity index (χ4n) is 1.53. The lowest BCUT2D eigenvalue weighted by Crippen LogP contribution is -2.23. The highest BCUT2D eigenvalue weighted by Gasteiger charge is 2.00. The Balaban J connectivity index is 1.85. The Morgan fingerprint density at radius 2 is 2.15 bits per heavy atom. The van der Waals surface area contributed by atoms with Crippen LogP contribution in [0.15, 0.2) is 42.0 Å². The van der Waals surface area contributed by atoms with Crippen molar-refractivity contribution < 1.29 is 4.79 Å². The summed E-state index contributed by atoms with van der Waals surface area (Å²) in [4.78, 5) is 17.3. The third-order valence-electron chi connectivity index (χ3n) is 2.58. The number of carbonyl (C=O) groups is 1. The van der Waals surface area contributed by atoms with Gasteiger partial charge in [-0.15, -0.1) is 0 Å². The summed E-state index contributed by atoms with van der Waals surface area (Å²) < 4.78 is 1.43. The molecule has 0 radical (unpaired) electrons. The van der Waals surface area contributed by atoms with Crippen LogP contribution in [0.3, 0.4) is 0 Å². The van der Waals surface area contributed by atoms with Gasteiger partial charge in [-0.3, -0.25) is 4.79 Å². The maximum Gasteiger partial charge on any atom is 0.261 e. The minimum atomic E-state index is -0.253. The fourth-order valence-corrected chi connectivity index (χ4v) is 1.53. The van der Waals surface area contributed by atoms with Gasteiger partial charge in [-0.1, -0.05) is 12.1 Å². The molecule has 0 bridgehead atoms. The van der Waals surface area contributed by atoms with Crippen molar-refractivity contribution in [2.75, 3.05) is 19.0 Å². The van der Waals surface area contributed by atoms with Gasteiger partial charge in [0.25, 0.3) is 5.91 Å². The van der Waals surface area contributed by atoms with Crippen molar-refractivity contribution in [2.24, 2.45) is 5.10 Å². The molecule has 0 aliphatic heterocycles. The molecule has 1 amide bonds. The van der Waals surface area contributed by atoms with Crippen molar-refractivity contribution in [1.82, 2.24) is 20.2 Å². The average Bonchev–Trinajstić information content (AvgIpc) is 2.92. The molecule has 0 atom stereocenters. The number of rotatable bonds is 5. The Morgan fingerprint density at radius 1 is 1.40 bits per heavy atom. The van der Waals surface area contributed by atoms with E-state index in [-0.39, 0.29) is 12.5 Å². The highest BCUT2D eigenvalue weighted by Crippen LogP contribution is 2.10. The maximum atomic E-state index is 11.5. The Bertz CT molecular complexity index is 573. The van der Waals surface area contributed by atoms with Crippen LogP contribution in [0.4, 0.5) is 5.69 Å². The van der Waals surface area contributed by atoms with E-state index < -0.39 is 0 Å². The van der Waals surface area contributed by atoms with Gasteiger partial charge in [0.2, 0.25) is 0 Å². The maximum absolute atomic E-state index is 11.5. The van der Waals surface area contributed by atoms with Crippen LogP contribution < -0.4 is 10.3 Å². The van der Waals surface area contributed by atoms with Crippen molar-refractivity contribution in [1.29, 1.82) is 0 Å². The van der Waals surface area contributed by atoms with Crippen molar-refractivity contribution in [3.05, 3.63) is 42.5 Å². The molecule has 2 rings (SSSR count). The standard InChI is InChI=1S/C13H16N6O/c1-18(2)12-5-3-11(4-6-12)7-15-17-13(20)8-19-10-14-9-16-19/h3-7,9-10H,8H2,1-2H3,(H,17,20). The SMILES string of the molecule is CN(C)c1ccc(C=NNC(=O)Cn2cncn2)cc1. The molecule has 20 heavy (non-hydrogen) atoms. The summed E-state index contributed by atoms with van der Waals surface area (Å²) in [5.41, 5.74) is 4.46. The molecule has 104 valence electrons. The zero-order valence-corrected chi connectivity index (χ0v) is 11.4. The fraction of sp³-hybridized carbons (Fsp3) is 0.231. The lowest BCUT2D eigenvalue weighted by Gasteiger charge is -2.11. The Labute approximate surface area is 116 Å². The number of anilines is 1. The summed E-state index contributed by atoms with van der Waals surface area (Å²) in [6.45, 7) is 0.0942. The molecule has 1 heterocycles. The molecule has 0 unspecified atom stereocenters. The zero-order valence-electron chi connectivity index (χ0n) is 11.4. The smallest absolute Gasteiger partial charge is 0.261 e. The van der Waals surface area contributed by atoms with Crippen LogP contribution in [-0.2, 0) is 11.3 Å². The molecular weight excluding hydrogens is 256 g/mol. The number of nitrogens with one attached hydrogen (secondary N) is 1. The molecule has 0 saturated heterocycles. The largest absolute Gasteiger partial charge is 0.378 e. The molecule has 7 heteroatoms. The summed E-state index contributed by atoms with van der Waals surface area (Å²) in [6, 6.07) is 7.84. The first-order valence-corrected chi connectivity index (χ1v) is 6.07. The predicted octanol–water partition coefficient (Wildman–Crippen LogP) is 0.494. The molecule has 1 N–H and O–H groups in total. The first kappa shape index (κ1) is 13.7. The van der Waals surface area contributed by atoms with Gasteiger partial charge in [0.1, 0.15) is 19.2 Å². The van der Waals surface area contributed by atoms with Gasteiger partial charge in [-0.05, 0) is 17.7 Å². The number of benzene rings is 1. The van der Waals surface area contributed by atoms with E-state index in [2.05, 4.69) is 20.6 Å². The summed E-state index contributed by atoms with van der Waals surface area (Å²) in [5, 5.41) is 7.73. The van der Waals surface area contributed by atoms with Crippen LogP contribution in [0.2, 0.25) is 0 Å². The summed E-state index contributed by atoms with van der Waals surface area (Å²) in [5.74, 6) is -0.253. The zero-order chi connectivity index (χ0) is 14.4. The van der Waals surface area contributed by atoms with Gasteiger partial charge >= 0.3 is 0 Å². The molecule has 0 saturated carbocycles.